The molecule has 3 nitrogen and oxygen atoms in total. The van der Waals surface area contributed by atoms with E-state index >= 15 is 0 Å². The zero-order chi connectivity index (χ0) is 7.56. The van der Waals surface area contributed by atoms with Crippen molar-refractivity contribution in [2.45, 2.75) is 6.92 Å². The monoisotopic (exact) mass is 134 g/mol. The van der Waals surface area contributed by atoms with Gasteiger partial charge in [0.2, 0.25) is 0 Å². The zero-order valence-electron chi connectivity index (χ0n) is 5.53. The van der Waals surface area contributed by atoms with Crippen LogP contribution in [0.2, 0.25) is 0 Å². The van der Waals surface area contributed by atoms with Crippen molar-refractivity contribution in [2.75, 3.05) is 0 Å². The summed E-state index contributed by atoms with van der Waals surface area (Å²) in [4.78, 5) is 18.1. The number of hydrogen-bond acceptors (Lipinski definition) is 3. The number of carbonyl (C=O) groups excluding carboxylic acids is 1. The SMILES string of the molecule is [CH]c1cncc(C(C)=O)n1. The molecule has 0 aliphatic heterocycles. The van der Waals surface area contributed by atoms with Gasteiger partial charge in [-0.15, -0.1) is 0 Å². The zero-order valence-corrected chi connectivity index (χ0v) is 5.53. The summed E-state index contributed by atoms with van der Waals surface area (Å²) in [5, 5.41) is 0. The molecule has 0 bridgehead atoms. The molecular weight excluding hydrogens is 128 g/mol. The molecule has 3 heteroatoms. The van der Waals surface area contributed by atoms with Crippen molar-refractivity contribution < 1.29 is 4.79 Å². The first-order valence-corrected chi connectivity index (χ1v) is 2.78. The molecule has 0 aromatic carbocycles. The molecule has 50 valence electrons. The first-order valence-electron chi connectivity index (χ1n) is 2.78. The molecule has 0 saturated carbocycles. The Morgan fingerprint density at radius 3 is 2.70 bits per heavy atom. The predicted molar refractivity (Wildman–Crippen MR) is 35.4 cm³/mol. The number of ketones is 1. The van der Waals surface area contributed by atoms with E-state index < -0.39 is 0 Å². The molecule has 0 fully saturated rings. The highest BCUT2D eigenvalue weighted by atomic mass is 16.1. The van der Waals surface area contributed by atoms with Crippen LogP contribution in [0, 0.1) is 6.92 Å². The lowest BCUT2D eigenvalue weighted by Crippen LogP contribution is -1.98. The Hall–Kier alpha value is -1.25. The van der Waals surface area contributed by atoms with Crippen molar-refractivity contribution in [1.29, 1.82) is 0 Å². The average Bonchev–Trinajstić information content (AvgIpc) is 1.88. The third kappa shape index (κ3) is 1.37. The van der Waals surface area contributed by atoms with Crippen molar-refractivity contribution in [3.63, 3.8) is 0 Å². The van der Waals surface area contributed by atoms with Gasteiger partial charge in [0, 0.05) is 20.0 Å². The molecule has 1 heterocycles. The standard InChI is InChI=1S/C7H6N2O/c1-5-3-8-4-7(9-5)6(2)10/h1,3-4H,2H3. The van der Waals surface area contributed by atoms with E-state index in [9.17, 15) is 4.79 Å². The summed E-state index contributed by atoms with van der Waals surface area (Å²) < 4.78 is 0. The van der Waals surface area contributed by atoms with Gasteiger partial charge in [-0.05, 0) is 0 Å². The molecule has 0 atom stereocenters. The molecule has 0 N–H and O–H groups in total. The summed E-state index contributed by atoms with van der Waals surface area (Å²) in [6.07, 6.45) is 2.78. The third-order valence-corrected chi connectivity index (χ3v) is 1.01. The number of hydrogen-bond donors (Lipinski definition) is 0. The van der Waals surface area contributed by atoms with E-state index in [1.165, 1.54) is 19.3 Å². The number of nitrogens with zero attached hydrogens (tertiary/aromatic N) is 2. The maximum Gasteiger partial charge on any atom is 0.179 e. The minimum absolute atomic E-state index is 0.125. The predicted octanol–water partition coefficient (Wildman–Crippen LogP) is 0.738. The summed E-state index contributed by atoms with van der Waals surface area (Å²) >= 11 is 0. The molecule has 0 aliphatic rings. The summed E-state index contributed by atoms with van der Waals surface area (Å²) in [6, 6.07) is 0. The van der Waals surface area contributed by atoms with E-state index in [4.69, 9.17) is 6.92 Å². The lowest BCUT2D eigenvalue weighted by atomic mass is 10.3. The Labute approximate surface area is 59.1 Å². The van der Waals surface area contributed by atoms with E-state index in [0.29, 0.717) is 5.69 Å². The van der Waals surface area contributed by atoms with Crippen LogP contribution >= 0.6 is 0 Å². The van der Waals surface area contributed by atoms with E-state index in [-0.39, 0.29) is 11.5 Å². The molecule has 1 aromatic heterocycles. The largest absolute Gasteiger partial charge is 0.293 e. The normalized spacial score (nSPS) is 9.40. The van der Waals surface area contributed by atoms with Gasteiger partial charge in [-0.1, -0.05) is 0 Å². The highest BCUT2D eigenvalue weighted by Crippen LogP contribution is 1.94. The first-order chi connectivity index (χ1) is 4.70. The topological polar surface area (TPSA) is 42.9 Å². The van der Waals surface area contributed by atoms with Gasteiger partial charge in [-0.2, -0.15) is 0 Å². The van der Waals surface area contributed by atoms with Crippen LogP contribution in [0.15, 0.2) is 12.4 Å². The molecule has 1 aromatic rings. The van der Waals surface area contributed by atoms with Crippen molar-refractivity contribution in [3.05, 3.63) is 30.7 Å². The molecular formula is C7H6N2O. The minimum Gasteiger partial charge on any atom is -0.293 e. The van der Waals surface area contributed by atoms with Crippen molar-refractivity contribution >= 4 is 5.78 Å². The Morgan fingerprint density at radius 2 is 2.30 bits per heavy atom. The summed E-state index contributed by atoms with van der Waals surface area (Å²) in [6.45, 7) is 6.69. The Balaban J connectivity index is 3.07. The van der Waals surface area contributed by atoms with Crippen LogP contribution in [0.3, 0.4) is 0 Å². The molecule has 1 rings (SSSR count). The number of aromatic nitrogens is 2. The van der Waals surface area contributed by atoms with E-state index in [1.807, 2.05) is 0 Å². The van der Waals surface area contributed by atoms with E-state index in [1.54, 1.807) is 0 Å². The van der Waals surface area contributed by atoms with Gasteiger partial charge in [0.05, 0.1) is 11.9 Å². The molecule has 0 spiro atoms. The maximum atomic E-state index is 10.6. The fraction of sp³-hybridized carbons (Fsp3) is 0.143. The molecule has 2 radical (unpaired) electrons. The second-order valence-electron chi connectivity index (χ2n) is 1.89. The van der Waals surface area contributed by atoms with Crippen LogP contribution in [-0.4, -0.2) is 15.8 Å². The molecule has 0 amide bonds. The Morgan fingerprint density at radius 1 is 1.60 bits per heavy atom. The molecule has 0 aliphatic carbocycles. The fourth-order valence-electron chi connectivity index (χ4n) is 0.551. The van der Waals surface area contributed by atoms with Gasteiger partial charge < -0.3 is 0 Å². The third-order valence-electron chi connectivity index (χ3n) is 1.01. The second kappa shape index (κ2) is 2.56. The van der Waals surface area contributed by atoms with Crippen molar-refractivity contribution in [1.82, 2.24) is 9.97 Å². The van der Waals surface area contributed by atoms with Crippen LogP contribution in [0.25, 0.3) is 0 Å². The van der Waals surface area contributed by atoms with Crippen LogP contribution < -0.4 is 0 Å². The van der Waals surface area contributed by atoms with Crippen LogP contribution in [0.1, 0.15) is 23.1 Å². The summed E-state index contributed by atoms with van der Waals surface area (Å²) in [5.41, 5.74) is 0.577. The first kappa shape index (κ1) is 6.86. The lowest BCUT2D eigenvalue weighted by Gasteiger charge is -1.92. The fourth-order valence-corrected chi connectivity index (χ4v) is 0.551. The van der Waals surface area contributed by atoms with Gasteiger partial charge in [-0.25, -0.2) is 4.98 Å². The van der Waals surface area contributed by atoms with Gasteiger partial charge in [0.1, 0.15) is 5.69 Å². The Kier molecular flexibility index (Phi) is 1.76. The van der Waals surface area contributed by atoms with Crippen molar-refractivity contribution in [2.24, 2.45) is 0 Å². The van der Waals surface area contributed by atoms with Crippen molar-refractivity contribution in [3.8, 4) is 0 Å². The average molecular weight is 134 g/mol. The highest BCUT2D eigenvalue weighted by molar-refractivity contribution is 5.91. The number of carbonyl (C=O) groups is 1. The molecule has 10 heavy (non-hydrogen) atoms. The van der Waals surface area contributed by atoms with Gasteiger partial charge >= 0.3 is 0 Å². The summed E-state index contributed by atoms with van der Waals surface area (Å²) in [5.74, 6) is -0.125. The maximum absolute atomic E-state index is 10.6. The van der Waals surface area contributed by atoms with Gasteiger partial charge in [0.15, 0.2) is 5.78 Å². The number of rotatable bonds is 1. The Bertz CT molecular complexity index is 258. The van der Waals surface area contributed by atoms with Crippen LogP contribution in [-0.2, 0) is 0 Å². The molecule has 0 saturated heterocycles. The molecule has 0 unspecified atom stereocenters. The second-order valence-corrected chi connectivity index (χ2v) is 1.89. The number of Topliss-reactive ketones (excluding diaryl/α,β-unsaturated/α-hetero) is 1. The highest BCUT2D eigenvalue weighted by Gasteiger charge is 1.99. The van der Waals surface area contributed by atoms with E-state index in [0.717, 1.165) is 0 Å². The van der Waals surface area contributed by atoms with Gasteiger partial charge in [0.25, 0.3) is 0 Å². The van der Waals surface area contributed by atoms with Gasteiger partial charge in [-0.3, -0.25) is 9.78 Å². The summed E-state index contributed by atoms with van der Waals surface area (Å²) in [7, 11) is 0. The van der Waals surface area contributed by atoms with Crippen LogP contribution in [0.4, 0.5) is 0 Å². The smallest absolute Gasteiger partial charge is 0.179 e. The lowest BCUT2D eigenvalue weighted by molar-refractivity contribution is 0.101. The quantitative estimate of drug-likeness (QED) is 0.532. The minimum atomic E-state index is -0.125. The van der Waals surface area contributed by atoms with E-state index in [2.05, 4.69) is 9.97 Å². The van der Waals surface area contributed by atoms with Crippen LogP contribution in [0.5, 0.6) is 0 Å².